The predicted octanol–water partition coefficient (Wildman–Crippen LogP) is 2.43. The molecule has 1 aromatic rings. The highest BCUT2D eigenvalue weighted by molar-refractivity contribution is 6.35. The van der Waals surface area contributed by atoms with E-state index in [-0.39, 0.29) is 11.8 Å². The van der Waals surface area contributed by atoms with Gasteiger partial charge in [0.25, 0.3) is 0 Å². The topological polar surface area (TPSA) is 65.5 Å². The maximum Gasteiger partial charge on any atom is 0.222 e. The zero-order chi connectivity index (χ0) is 16.5. The number of aliphatic imine (C=N–C) groups is 1. The third-order valence-electron chi connectivity index (χ3n) is 2.93. The van der Waals surface area contributed by atoms with Crippen molar-refractivity contribution in [1.29, 1.82) is 0 Å². The number of amides is 1. The maximum absolute atomic E-state index is 11.4. The molecule has 0 atom stereocenters. The van der Waals surface area contributed by atoms with Crippen molar-refractivity contribution in [1.82, 2.24) is 16.0 Å². The van der Waals surface area contributed by atoms with Gasteiger partial charge in [0, 0.05) is 42.6 Å². The van der Waals surface area contributed by atoms with Crippen molar-refractivity contribution in [3.63, 3.8) is 0 Å². The molecule has 0 spiro atoms. The molecule has 1 amide bonds. The van der Waals surface area contributed by atoms with E-state index in [1.807, 2.05) is 19.9 Å². The second-order valence-electron chi connectivity index (χ2n) is 5.03. The fraction of sp³-hybridized carbons (Fsp3) is 0.467. The summed E-state index contributed by atoms with van der Waals surface area (Å²) >= 11 is 12.0. The number of hydrogen-bond donors (Lipinski definition) is 3. The van der Waals surface area contributed by atoms with Crippen molar-refractivity contribution in [3.8, 4) is 0 Å². The molecule has 0 heterocycles. The molecule has 0 aliphatic carbocycles. The maximum atomic E-state index is 11.4. The van der Waals surface area contributed by atoms with Crippen molar-refractivity contribution in [2.45, 2.75) is 20.4 Å². The minimum absolute atomic E-state index is 0.00974. The molecule has 0 radical (unpaired) electrons. The molecule has 0 saturated carbocycles. The van der Waals surface area contributed by atoms with E-state index in [1.54, 1.807) is 19.2 Å². The first-order chi connectivity index (χ1) is 10.4. The number of carbonyl (C=O) groups is 1. The zero-order valence-corrected chi connectivity index (χ0v) is 14.6. The van der Waals surface area contributed by atoms with Crippen LogP contribution in [0.5, 0.6) is 0 Å². The molecular formula is C15H22Cl2N4O. The van der Waals surface area contributed by atoms with E-state index < -0.39 is 0 Å². The standard InChI is InChI=1S/C15H22Cl2N4O/c1-10(2)14(22)19-6-7-20-15(18-3)21-9-11-4-5-12(16)8-13(11)17/h4-5,8,10H,6-7,9H2,1-3H3,(H,19,22)(H2,18,20,21). The first-order valence-corrected chi connectivity index (χ1v) is 7.85. The Bertz CT molecular complexity index is 532. The Hall–Kier alpha value is -1.46. The SMILES string of the molecule is CN=C(NCCNC(=O)C(C)C)NCc1ccc(Cl)cc1Cl. The van der Waals surface area contributed by atoms with Gasteiger partial charge in [-0.2, -0.15) is 0 Å². The number of benzene rings is 1. The van der Waals surface area contributed by atoms with Gasteiger partial charge in [-0.25, -0.2) is 0 Å². The Morgan fingerprint density at radius 1 is 1.18 bits per heavy atom. The van der Waals surface area contributed by atoms with Crippen LogP contribution in [0, 0.1) is 5.92 Å². The molecule has 0 aliphatic rings. The smallest absolute Gasteiger partial charge is 0.222 e. The number of halogens is 2. The van der Waals surface area contributed by atoms with Crippen molar-refractivity contribution < 1.29 is 4.79 Å². The van der Waals surface area contributed by atoms with Crippen LogP contribution in [0.1, 0.15) is 19.4 Å². The van der Waals surface area contributed by atoms with Crippen molar-refractivity contribution in [3.05, 3.63) is 33.8 Å². The lowest BCUT2D eigenvalue weighted by atomic mass is 10.2. The summed E-state index contributed by atoms with van der Waals surface area (Å²) in [5, 5.41) is 10.3. The molecule has 1 rings (SSSR count). The number of nitrogens with one attached hydrogen (secondary N) is 3. The van der Waals surface area contributed by atoms with Crippen molar-refractivity contribution in [2.24, 2.45) is 10.9 Å². The van der Waals surface area contributed by atoms with Crippen LogP contribution < -0.4 is 16.0 Å². The average Bonchev–Trinajstić information content (AvgIpc) is 2.47. The predicted molar refractivity (Wildman–Crippen MR) is 92.5 cm³/mol. The molecule has 122 valence electrons. The fourth-order valence-corrected chi connectivity index (χ4v) is 2.11. The Morgan fingerprint density at radius 2 is 1.86 bits per heavy atom. The van der Waals surface area contributed by atoms with Gasteiger partial charge in [0.05, 0.1) is 0 Å². The largest absolute Gasteiger partial charge is 0.355 e. The molecular weight excluding hydrogens is 323 g/mol. The Kier molecular flexibility index (Phi) is 8.06. The van der Waals surface area contributed by atoms with Gasteiger partial charge < -0.3 is 16.0 Å². The van der Waals surface area contributed by atoms with Gasteiger partial charge in [-0.15, -0.1) is 0 Å². The zero-order valence-electron chi connectivity index (χ0n) is 13.0. The molecule has 0 unspecified atom stereocenters. The fourth-order valence-electron chi connectivity index (χ4n) is 1.64. The lowest BCUT2D eigenvalue weighted by molar-refractivity contribution is -0.123. The molecule has 1 aromatic carbocycles. The van der Waals surface area contributed by atoms with Crippen molar-refractivity contribution in [2.75, 3.05) is 20.1 Å². The lowest BCUT2D eigenvalue weighted by Crippen LogP contribution is -2.41. The summed E-state index contributed by atoms with van der Waals surface area (Å²) in [6, 6.07) is 5.37. The highest BCUT2D eigenvalue weighted by atomic mass is 35.5. The number of guanidine groups is 1. The summed E-state index contributed by atoms with van der Waals surface area (Å²) in [5.41, 5.74) is 0.933. The van der Waals surface area contributed by atoms with E-state index in [0.29, 0.717) is 35.6 Å². The van der Waals surface area contributed by atoms with Gasteiger partial charge in [-0.1, -0.05) is 43.1 Å². The summed E-state index contributed by atoms with van der Waals surface area (Å²) in [6.07, 6.45) is 0. The molecule has 0 aliphatic heterocycles. The van der Waals surface area contributed by atoms with Crippen LogP contribution in [0.2, 0.25) is 10.0 Å². The Labute approximate surface area is 141 Å². The Balaban J connectivity index is 2.35. The van der Waals surface area contributed by atoms with Gasteiger partial charge in [0.15, 0.2) is 5.96 Å². The van der Waals surface area contributed by atoms with E-state index in [2.05, 4.69) is 20.9 Å². The van der Waals surface area contributed by atoms with Gasteiger partial charge in [-0.05, 0) is 17.7 Å². The minimum atomic E-state index is -0.00974. The number of rotatable bonds is 6. The highest BCUT2D eigenvalue weighted by Crippen LogP contribution is 2.20. The van der Waals surface area contributed by atoms with Crippen LogP contribution in [0.15, 0.2) is 23.2 Å². The van der Waals surface area contributed by atoms with Crippen LogP contribution in [0.25, 0.3) is 0 Å². The van der Waals surface area contributed by atoms with E-state index in [9.17, 15) is 4.79 Å². The second-order valence-corrected chi connectivity index (χ2v) is 5.88. The summed E-state index contributed by atoms with van der Waals surface area (Å²) in [5.74, 6) is 0.673. The Morgan fingerprint density at radius 3 is 2.45 bits per heavy atom. The third kappa shape index (κ3) is 6.54. The van der Waals surface area contributed by atoms with Crippen molar-refractivity contribution >= 4 is 35.1 Å². The van der Waals surface area contributed by atoms with E-state index >= 15 is 0 Å². The molecule has 0 aromatic heterocycles. The highest BCUT2D eigenvalue weighted by Gasteiger charge is 2.06. The quantitative estimate of drug-likeness (QED) is 0.422. The first kappa shape index (κ1) is 18.6. The van der Waals surface area contributed by atoms with Crippen LogP contribution in [-0.4, -0.2) is 32.0 Å². The van der Waals surface area contributed by atoms with Crippen LogP contribution in [0.4, 0.5) is 0 Å². The third-order valence-corrected chi connectivity index (χ3v) is 3.51. The van der Waals surface area contributed by atoms with Gasteiger partial charge >= 0.3 is 0 Å². The molecule has 22 heavy (non-hydrogen) atoms. The average molecular weight is 345 g/mol. The van der Waals surface area contributed by atoms with E-state index in [1.165, 1.54) is 0 Å². The lowest BCUT2D eigenvalue weighted by Gasteiger charge is -2.13. The van der Waals surface area contributed by atoms with E-state index in [4.69, 9.17) is 23.2 Å². The summed E-state index contributed by atoms with van der Waals surface area (Å²) in [4.78, 5) is 15.5. The molecule has 0 saturated heterocycles. The minimum Gasteiger partial charge on any atom is -0.355 e. The molecule has 0 fully saturated rings. The number of nitrogens with zero attached hydrogens (tertiary/aromatic N) is 1. The van der Waals surface area contributed by atoms with Crippen LogP contribution in [0.3, 0.4) is 0 Å². The normalized spacial score (nSPS) is 11.5. The molecule has 0 bridgehead atoms. The summed E-state index contributed by atoms with van der Waals surface area (Å²) in [7, 11) is 1.69. The summed E-state index contributed by atoms with van der Waals surface area (Å²) < 4.78 is 0. The van der Waals surface area contributed by atoms with Gasteiger partial charge in [0.1, 0.15) is 0 Å². The number of hydrogen-bond acceptors (Lipinski definition) is 2. The van der Waals surface area contributed by atoms with Crippen LogP contribution in [-0.2, 0) is 11.3 Å². The number of carbonyl (C=O) groups excluding carboxylic acids is 1. The van der Waals surface area contributed by atoms with E-state index in [0.717, 1.165) is 5.56 Å². The monoisotopic (exact) mass is 344 g/mol. The van der Waals surface area contributed by atoms with Gasteiger partial charge in [-0.3, -0.25) is 9.79 Å². The molecule has 5 nitrogen and oxygen atoms in total. The molecule has 3 N–H and O–H groups in total. The second kappa shape index (κ2) is 9.54. The van der Waals surface area contributed by atoms with Crippen LogP contribution >= 0.6 is 23.2 Å². The van der Waals surface area contributed by atoms with Gasteiger partial charge in [0.2, 0.25) is 5.91 Å². The first-order valence-electron chi connectivity index (χ1n) is 7.10. The summed E-state index contributed by atoms with van der Waals surface area (Å²) in [6.45, 7) is 5.39. The molecule has 7 heteroatoms.